The van der Waals surface area contributed by atoms with Crippen molar-refractivity contribution in [3.63, 3.8) is 0 Å². The van der Waals surface area contributed by atoms with E-state index in [1.807, 2.05) is 5.32 Å². The first kappa shape index (κ1) is 37.8. The van der Waals surface area contributed by atoms with Gasteiger partial charge in [0, 0.05) is 18.2 Å². The van der Waals surface area contributed by atoms with E-state index in [-0.39, 0.29) is 23.5 Å². The lowest BCUT2D eigenvalue weighted by molar-refractivity contribution is -0.310. The van der Waals surface area contributed by atoms with Crippen molar-refractivity contribution in [1.82, 2.24) is 14.9 Å². The Labute approximate surface area is 277 Å². The molecule has 2 amide bonds. The van der Waals surface area contributed by atoms with Crippen LogP contribution in [0, 0.1) is 0 Å². The summed E-state index contributed by atoms with van der Waals surface area (Å²) < 4.78 is 75.2. The zero-order chi connectivity index (χ0) is 35.5. The number of sulfonamides is 1. The highest BCUT2D eigenvalue weighted by atomic mass is 32.2. The van der Waals surface area contributed by atoms with E-state index in [2.05, 4.69) is 10.1 Å². The maximum Gasteiger partial charge on any atom is 0.408 e. The molecule has 0 aliphatic heterocycles. The fourth-order valence-corrected chi connectivity index (χ4v) is 7.00. The third-order valence-corrected chi connectivity index (χ3v) is 9.55. The Morgan fingerprint density at radius 1 is 0.896 bits per heavy atom. The number of carboxylic acids is 1. The van der Waals surface area contributed by atoms with Crippen LogP contribution in [0.2, 0.25) is 0 Å². The quantitative estimate of drug-likeness (QED) is 0.192. The molecule has 0 aliphatic rings. The van der Waals surface area contributed by atoms with Crippen LogP contribution in [0.4, 0.5) is 23.7 Å². The zero-order valence-corrected chi connectivity index (χ0v) is 27.2. The highest BCUT2D eigenvalue weighted by Crippen LogP contribution is 2.31. The van der Waals surface area contributed by atoms with Gasteiger partial charge in [0.1, 0.15) is 12.1 Å². The molecule has 0 radical (unpaired) electrons. The summed E-state index contributed by atoms with van der Waals surface area (Å²) in [7, 11) is -3.35. The SMILES string of the molecule is CCCN(C(CCCC(NC(=O)[C@@H](NC(=O)OC)C(c1ccccc1)c1ccccc1)C(F)(F)F)C(=O)[O-])S(=O)(=O)c1ccc(N)cc1. The molecule has 0 spiro atoms. The molecule has 0 fully saturated rings. The van der Waals surface area contributed by atoms with E-state index in [1.54, 1.807) is 67.6 Å². The lowest BCUT2D eigenvalue weighted by Crippen LogP contribution is -2.55. The van der Waals surface area contributed by atoms with Crippen LogP contribution in [0.1, 0.15) is 49.7 Å². The second-order valence-electron chi connectivity index (χ2n) is 11.0. The van der Waals surface area contributed by atoms with Gasteiger partial charge in [0.2, 0.25) is 15.9 Å². The number of carbonyl (C=O) groups is 3. The van der Waals surface area contributed by atoms with Crippen LogP contribution in [-0.2, 0) is 24.3 Å². The molecule has 3 atom stereocenters. The lowest BCUT2D eigenvalue weighted by Gasteiger charge is -2.32. The monoisotopic (exact) mass is 691 g/mol. The molecule has 0 aromatic heterocycles. The van der Waals surface area contributed by atoms with Crippen LogP contribution in [0.3, 0.4) is 0 Å². The number of aliphatic carboxylic acids is 1. The molecular formula is C33H38F3N4O7S-. The zero-order valence-electron chi connectivity index (χ0n) is 26.4. The van der Waals surface area contributed by atoms with Gasteiger partial charge < -0.3 is 31.0 Å². The highest BCUT2D eigenvalue weighted by molar-refractivity contribution is 7.89. The summed E-state index contributed by atoms with van der Waals surface area (Å²) in [6.45, 7) is 1.37. The minimum Gasteiger partial charge on any atom is -0.548 e. The number of nitrogens with one attached hydrogen (secondary N) is 2. The standard InChI is InChI=1S/C33H39F3N4O7S/c1-3-21-40(48(45,46)25-19-17-24(37)18-20-25)26(31(42)43)15-10-16-27(33(34,35)36)38-30(41)29(39-32(44)47-2)28(22-11-6-4-7-12-22)23-13-8-5-9-14-23/h4-9,11-14,17-20,26-29H,3,10,15-16,21,37H2,1-2H3,(H,38,41)(H,39,44)(H,42,43)/p-1/t26?,27?,29-/m0/s1. The van der Waals surface area contributed by atoms with Gasteiger partial charge in [-0.25, -0.2) is 13.2 Å². The number of halogens is 3. The number of nitrogen functional groups attached to an aromatic ring is 1. The molecule has 3 rings (SSSR count). The summed E-state index contributed by atoms with van der Waals surface area (Å²) in [5.41, 5.74) is 6.97. The van der Waals surface area contributed by atoms with E-state index < -0.39 is 77.5 Å². The summed E-state index contributed by atoms with van der Waals surface area (Å²) in [6, 6.07) is 16.0. The molecule has 3 aromatic carbocycles. The van der Waals surface area contributed by atoms with Gasteiger partial charge in [0.25, 0.3) is 0 Å². The summed E-state index contributed by atoms with van der Waals surface area (Å²) >= 11 is 0. The molecule has 4 N–H and O–H groups in total. The number of nitrogens with zero attached hydrogens (tertiary/aromatic N) is 1. The second kappa shape index (κ2) is 17.0. The molecule has 0 aliphatic carbocycles. The van der Waals surface area contributed by atoms with E-state index in [0.29, 0.717) is 15.4 Å². The number of alkyl halides is 3. The van der Waals surface area contributed by atoms with Gasteiger partial charge >= 0.3 is 12.3 Å². The van der Waals surface area contributed by atoms with Gasteiger partial charge in [-0.15, -0.1) is 0 Å². The van der Waals surface area contributed by atoms with Gasteiger partial charge in [0.05, 0.1) is 24.0 Å². The van der Waals surface area contributed by atoms with Crippen LogP contribution >= 0.6 is 0 Å². The fraction of sp³-hybridized carbons (Fsp3) is 0.364. The number of hydrogen-bond donors (Lipinski definition) is 3. The Bertz CT molecular complexity index is 1570. The molecule has 0 heterocycles. The van der Waals surface area contributed by atoms with Gasteiger partial charge in [-0.3, -0.25) is 4.79 Å². The number of alkyl carbamates (subject to hydrolysis) is 1. The third-order valence-electron chi connectivity index (χ3n) is 7.62. The van der Waals surface area contributed by atoms with Crippen molar-refractivity contribution in [2.75, 3.05) is 19.4 Å². The van der Waals surface area contributed by atoms with E-state index in [0.717, 1.165) is 7.11 Å². The van der Waals surface area contributed by atoms with Crippen LogP contribution < -0.4 is 21.5 Å². The van der Waals surface area contributed by atoms with Crippen molar-refractivity contribution >= 4 is 33.7 Å². The van der Waals surface area contributed by atoms with Gasteiger partial charge in [-0.05, 0) is 61.1 Å². The third kappa shape index (κ3) is 9.94. The van der Waals surface area contributed by atoms with Crippen LogP contribution in [0.15, 0.2) is 89.8 Å². The molecule has 260 valence electrons. The largest absolute Gasteiger partial charge is 0.548 e. The average molecular weight is 692 g/mol. The molecule has 3 aromatic rings. The fourth-order valence-electron chi connectivity index (χ4n) is 5.30. The number of hydrogen-bond acceptors (Lipinski definition) is 8. The van der Waals surface area contributed by atoms with Crippen LogP contribution in [-0.4, -0.2) is 68.6 Å². The van der Waals surface area contributed by atoms with E-state index in [1.165, 1.54) is 24.3 Å². The Morgan fingerprint density at radius 2 is 1.44 bits per heavy atom. The van der Waals surface area contributed by atoms with E-state index in [4.69, 9.17) is 5.73 Å². The predicted molar refractivity (Wildman–Crippen MR) is 170 cm³/mol. The highest BCUT2D eigenvalue weighted by Gasteiger charge is 2.43. The first-order valence-electron chi connectivity index (χ1n) is 15.1. The number of methoxy groups -OCH3 is 1. The maximum absolute atomic E-state index is 14.4. The minimum atomic E-state index is -4.99. The normalized spacial score (nSPS) is 13.8. The molecule has 2 unspecified atom stereocenters. The number of ether oxygens (including phenoxy) is 1. The first-order valence-corrected chi connectivity index (χ1v) is 16.5. The number of carboxylic acid groups (broad SMARTS) is 1. The summed E-state index contributed by atoms with van der Waals surface area (Å²) in [6.07, 6.45) is -7.64. The Hall–Kier alpha value is -4.63. The van der Waals surface area contributed by atoms with Crippen molar-refractivity contribution in [2.24, 2.45) is 0 Å². The lowest BCUT2D eigenvalue weighted by atomic mass is 9.84. The molecular weight excluding hydrogens is 653 g/mol. The first-order chi connectivity index (χ1) is 22.7. The topological polar surface area (TPSA) is 171 Å². The van der Waals surface area contributed by atoms with Crippen LogP contribution in [0.5, 0.6) is 0 Å². The smallest absolute Gasteiger partial charge is 0.408 e. The van der Waals surface area contributed by atoms with Gasteiger partial charge in [-0.1, -0.05) is 67.6 Å². The second-order valence-corrected chi connectivity index (χ2v) is 12.9. The summed E-state index contributed by atoms with van der Waals surface area (Å²) in [5.74, 6) is -3.88. The molecule has 11 nitrogen and oxygen atoms in total. The van der Waals surface area contributed by atoms with E-state index >= 15 is 0 Å². The number of anilines is 1. The molecule has 0 saturated heterocycles. The Kier molecular flexibility index (Phi) is 13.4. The molecule has 48 heavy (non-hydrogen) atoms. The number of benzene rings is 3. The maximum atomic E-state index is 14.4. The van der Waals surface area contributed by atoms with Crippen molar-refractivity contribution in [3.05, 3.63) is 96.1 Å². The van der Waals surface area contributed by atoms with Gasteiger partial charge in [-0.2, -0.15) is 17.5 Å². The number of rotatable bonds is 16. The number of nitrogens with two attached hydrogens (primary N) is 1. The summed E-state index contributed by atoms with van der Waals surface area (Å²) in [5, 5.41) is 16.5. The molecule has 15 heteroatoms. The number of carbonyl (C=O) groups excluding carboxylic acids is 3. The van der Waals surface area contributed by atoms with Gasteiger partial charge in [0.15, 0.2) is 0 Å². The minimum absolute atomic E-state index is 0.206. The Balaban J connectivity index is 1.88. The van der Waals surface area contributed by atoms with Crippen LogP contribution in [0.25, 0.3) is 0 Å². The van der Waals surface area contributed by atoms with Crippen molar-refractivity contribution in [2.45, 2.75) is 67.7 Å². The van der Waals surface area contributed by atoms with Crippen molar-refractivity contribution in [3.8, 4) is 0 Å². The molecule has 0 bridgehead atoms. The van der Waals surface area contributed by atoms with Crippen molar-refractivity contribution < 1.29 is 45.8 Å². The average Bonchev–Trinajstić information content (AvgIpc) is 3.05. The number of amides is 2. The Morgan fingerprint density at radius 3 is 1.90 bits per heavy atom. The molecule has 0 saturated carbocycles. The summed E-state index contributed by atoms with van der Waals surface area (Å²) in [4.78, 5) is 38.0. The van der Waals surface area contributed by atoms with Crippen molar-refractivity contribution in [1.29, 1.82) is 0 Å². The van der Waals surface area contributed by atoms with E-state index in [9.17, 15) is 41.1 Å². The predicted octanol–water partition coefficient (Wildman–Crippen LogP) is 3.56.